The zero-order valence-corrected chi connectivity index (χ0v) is 16.7. The summed E-state index contributed by atoms with van der Waals surface area (Å²) >= 11 is 1.61. The van der Waals surface area contributed by atoms with E-state index in [1.54, 1.807) is 27.8 Å². The third kappa shape index (κ3) is 4.16. The van der Waals surface area contributed by atoms with Crippen LogP contribution in [-0.2, 0) is 16.6 Å². The molecule has 0 aliphatic carbocycles. The van der Waals surface area contributed by atoms with Crippen molar-refractivity contribution in [1.82, 2.24) is 9.62 Å². The second-order valence-electron chi connectivity index (χ2n) is 6.82. The smallest absolute Gasteiger partial charge is 0.251 e. The lowest BCUT2D eigenvalue weighted by molar-refractivity contribution is 0.0951. The van der Waals surface area contributed by atoms with Crippen LogP contribution in [0.3, 0.4) is 0 Å². The van der Waals surface area contributed by atoms with Crippen molar-refractivity contribution < 1.29 is 13.2 Å². The summed E-state index contributed by atoms with van der Waals surface area (Å²) in [5, 5.41) is 4.88. The van der Waals surface area contributed by atoms with Gasteiger partial charge in [0.2, 0.25) is 10.0 Å². The number of carbonyl (C=O) groups is 1. The van der Waals surface area contributed by atoms with Crippen molar-refractivity contribution in [3.8, 4) is 0 Å². The number of nitrogens with zero attached hydrogens (tertiary/aromatic N) is 1. The minimum absolute atomic E-state index is 0.200. The third-order valence-corrected chi connectivity index (χ3v) is 7.81. The number of aryl methyl sites for hydroxylation is 1. The average Bonchev–Trinajstić information content (AvgIpc) is 3.05. The summed E-state index contributed by atoms with van der Waals surface area (Å²) in [6.07, 6.45) is 1.78. The summed E-state index contributed by atoms with van der Waals surface area (Å²) in [6, 6.07) is 8.23. The van der Waals surface area contributed by atoms with Gasteiger partial charge in [0.15, 0.2) is 0 Å². The van der Waals surface area contributed by atoms with Gasteiger partial charge in [-0.3, -0.25) is 4.79 Å². The molecule has 0 radical (unpaired) electrons. The Balaban J connectivity index is 1.66. The van der Waals surface area contributed by atoms with E-state index in [-0.39, 0.29) is 10.8 Å². The van der Waals surface area contributed by atoms with Crippen molar-refractivity contribution in [2.75, 3.05) is 13.1 Å². The normalized spacial score (nSPS) is 16.5. The molecule has 1 amide bonds. The molecule has 2 heterocycles. The van der Waals surface area contributed by atoms with Gasteiger partial charge in [0.25, 0.3) is 5.91 Å². The SMILES string of the molecule is Cc1ccsc1CNC(=O)c1ccc(S(=O)(=O)N2CCC(C)CC2)cc1. The molecule has 5 nitrogen and oxygen atoms in total. The highest BCUT2D eigenvalue weighted by molar-refractivity contribution is 7.89. The van der Waals surface area contributed by atoms with E-state index in [1.165, 1.54) is 12.1 Å². The van der Waals surface area contributed by atoms with Crippen LogP contribution in [0.15, 0.2) is 40.6 Å². The van der Waals surface area contributed by atoms with E-state index in [2.05, 4.69) is 12.2 Å². The van der Waals surface area contributed by atoms with Gasteiger partial charge in [0.1, 0.15) is 0 Å². The highest BCUT2D eigenvalue weighted by Crippen LogP contribution is 2.23. The molecule has 1 N–H and O–H groups in total. The molecule has 1 aromatic heterocycles. The van der Waals surface area contributed by atoms with E-state index in [0.29, 0.717) is 31.1 Å². The topological polar surface area (TPSA) is 66.5 Å². The van der Waals surface area contributed by atoms with E-state index in [4.69, 9.17) is 0 Å². The Morgan fingerprint density at radius 2 is 1.85 bits per heavy atom. The number of thiophene rings is 1. The Morgan fingerprint density at radius 3 is 2.42 bits per heavy atom. The first kappa shape index (κ1) is 19.1. The Morgan fingerprint density at radius 1 is 1.19 bits per heavy atom. The van der Waals surface area contributed by atoms with Crippen molar-refractivity contribution in [1.29, 1.82) is 0 Å². The fourth-order valence-corrected chi connectivity index (χ4v) is 5.32. The van der Waals surface area contributed by atoms with Crippen LogP contribution in [0.25, 0.3) is 0 Å². The van der Waals surface area contributed by atoms with Crippen molar-refractivity contribution >= 4 is 27.3 Å². The van der Waals surface area contributed by atoms with E-state index in [9.17, 15) is 13.2 Å². The lowest BCUT2D eigenvalue weighted by atomic mass is 10.0. The Hall–Kier alpha value is -1.70. The van der Waals surface area contributed by atoms with Crippen molar-refractivity contribution in [3.63, 3.8) is 0 Å². The molecule has 7 heteroatoms. The molecule has 0 bridgehead atoms. The van der Waals surface area contributed by atoms with Gasteiger partial charge in [-0.15, -0.1) is 11.3 Å². The molecule has 0 unspecified atom stereocenters. The van der Waals surface area contributed by atoms with Gasteiger partial charge < -0.3 is 5.32 Å². The molecular weight excluding hydrogens is 368 g/mol. The largest absolute Gasteiger partial charge is 0.347 e. The number of amides is 1. The molecule has 1 aromatic carbocycles. The molecule has 0 atom stereocenters. The molecule has 1 aliphatic rings. The molecule has 1 fully saturated rings. The van der Waals surface area contributed by atoms with Gasteiger partial charge in [-0.05, 0) is 67.0 Å². The summed E-state index contributed by atoms with van der Waals surface area (Å²) in [4.78, 5) is 13.7. The number of hydrogen-bond donors (Lipinski definition) is 1. The molecule has 1 saturated heterocycles. The molecule has 0 spiro atoms. The van der Waals surface area contributed by atoms with Crippen LogP contribution in [0, 0.1) is 12.8 Å². The van der Waals surface area contributed by atoms with Crippen LogP contribution in [0.4, 0.5) is 0 Å². The molecule has 140 valence electrons. The van der Waals surface area contributed by atoms with Crippen LogP contribution in [0.5, 0.6) is 0 Å². The van der Waals surface area contributed by atoms with E-state index < -0.39 is 10.0 Å². The van der Waals surface area contributed by atoms with Gasteiger partial charge in [0.05, 0.1) is 11.4 Å². The van der Waals surface area contributed by atoms with E-state index in [1.807, 2.05) is 18.4 Å². The standard InChI is InChI=1S/C19H24N2O3S2/c1-14-7-10-21(11-8-14)26(23,24)17-5-3-16(4-6-17)19(22)20-13-18-15(2)9-12-25-18/h3-6,9,12,14H,7-8,10-11,13H2,1-2H3,(H,20,22). The second-order valence-corrected chi connectivity index (χ2v) is 9.76. The number of nitrogens with one attached hydrogen (secondary N) is 1. The fourth-order valence-electron chi connectivity index (χ4n) is 3.00. The number of piperidine rings is 1. The quantitative estimate of drug-likeness (QED) is 0.848. The number of benzene rings is 1. The summed E-state index contributed by atoms with van der Waals surface area (Å²) in [7, 11) is -3.48. The number of rotatable bonds is 5. The third-order valence-electron chi connectivity index (χ3n) is 4.87. The van der Waals surface area contributed by atoms with Gasteiger partial charge >= 0.3 is 0 Å². The zero-order valence-electron chi connectivity index (χ0n) is 15.1. The van der Waals surface area contributed by atoms with Crippen LogP contribution < -0.4 is 5.32 Å². The Labute approximate surface area is 159 Å². The van der Waals surface area contributed by atoms with Crippen LogP contribution in [0.1, 0.15) is 40.6 Å². The summed E-state index contributed by atoms with van der Waals surface area (Å²) in [5.74, 6) is 0.369. The maximum atomic E-state index is 12.7. The second kappa shape index (κ2) is 7.90. The minimum atomic E-state index is -3.48. The predicted octanol–water partition coefficient (Wildman–Crippen LogP) is 3.41. The van der Waals surface area contributed by atoms with Gasteiger partial charge in [-0.25, -0.2) is 8.42 Å². The Kier molecular flexibility index (Phi) is 5.79. The number of sulfonamides is 1. The lowest BCUT2D eigenvalue weighted by Gasteiger charge is -2.29. The summed E-state index contributed by atoms with van der Waals surface area (Å²) in [6.45, 7) is 5.76. The van der Waals surface area contributed by atoms with Gasteiger partial charge in [0, 0.05) is 23.5 Å². The minimum Gasteiger partial charge on any atom is -0.347 e. The highest BCUT2D eigenvalue weighted by atomic mass is 32.2. The molecule has 0 saturated carbocycles. The fraction of sp³-hybridized carbons (Fsp3) is 0.421. The van der Waals surface area contributed by atoms with Gasteiger partial charge in [-0.1, -0.05) is 6.92 Å². The molecule has 3 rings (SSSR count). The van der Waals surface area contributed by atoms with Crippen molar-refractivity contribution in [2.24, 2.45) is 5.92 Å². The van der Waals surface area contributed by atoms with Crippen molar-refractivity contribution in [2.45, 2.75) is 38.1 Å². The highest BCUT2D eigenvalue weighted by Gasteiger charge is 2.28. The first-order chi connectivity index (χ1) is 12.4. The summed E-state index contributed by atoms with van der Waals surface area (Å²) < 4.78 is 27.0. The molecule has 2 aromatic rings. The van der Waals surface area contributed by atoms with Crippen LogP contribution in [-0.4, -0.2) is 31.7 Å². The first-order valence-corrected chi connectivity index (χ1v) is 11.1. The van der Waals surface area contributed by atoms with Crippen LogP contribution >= 0.6 is 11.3 Å². The Bertz CT molecular complexity index is 864. The monoisotopic (exact) mass is 392 g/mol. The first-order valence-electron chi connectivity index (χ1n) is 8.79. The summed E-state index contributed by atoms with van der Waals surface area (Å²) in [5.41, 5.74) is 1.62. The lowest BCUT2D eigenvalue weighted by Crippen LogP contribution is -2.37. The molecular formula is C19H24N2O3S2. The van der Waals surface area contributed by atoms with Crippen molar-refractivity contribution in [3.05, 3.63) is 51.7 Å². The maximum Gasteiger partial charge on any atom is 0.251 e. The number of carbonyl (C=O) groups excluding carboxylic acids is 1. The van der Waals surface area contributed by atoms with E-state index >= 15 is 0 Å². The van der Waals surface area contributed by atoms with E-state index in [0.717, 1.165) is 23.3 Å². The average molecular weight is 393 g/mol. The molecule has 1 aliphatic heterocycles. The predicted molar refractivity (Wildman–Crippen MR) is 104 cm³/mol. The number of hydrogen-bond acceptors (Lipinski definition) is 4. The van der Waals surface area contributed by atoms with Crippen LogP contribution in [0.2, 0.25) is 0 Å². The molecule has 26 heavy (non-hydrogen) atoms. The zero-order chi connectivity index (χ0) is 18.7. The maximum absolute atomic E-state index is 12.7. The van der Waals surface area contributed by atoms with Gasteiger partial charge in [-0.2, -0.15) is 4.31 Å².